The Bertz CT molecular complexity index is 654. The third kappa shape index (κ3) is 7.40. The zero-order valence-corrected chi connectivity index (χ0v) is 16.3. The largest absolute Gasteiger partial charge is 0.480 e. The van der Waals surface area contributed by atoms with Gasteiger partial charge in [0, 0.05) is 13.2 Å². The molecule has 1 saturated heterocycles. The van der Waals surface area contributed by atoms with Crippen LogP contribution in [-0.4, -0.2) is 55.5 Å². The Hall–Kier alpha value is -2.39. The number of nitrogens with zero attached hydrogens (tertiary/aromatic N) is 1. The number of pyridine rings is 1. The molecule has 9 heteroatoms. The zero-order valence-electron chi connectivity index (χ0n) is 16.3. The number of anilines is 1. The van der Waals surface area contributed by atoms with Crippen molar-refractivity contribution in [3.8, 4) is 5.75 Å². The molecule has 1 aromatic rings. The van der Waals surface area contributed by atoms with Gasteiger partial charge >= 0.3 is 6.09 Å². The zero-order chi connectivity index (χ0) is 19.9. The van der Waals surface area contributed by atoms with Gasteiger partial charge in [-0.2, -0.15) is 0 Å². The molecular weight excluding hydrogens is 352 g/mol. The number of carbonyl (C=O) groups excluding carboxylic acids is 2. The Balaban J connectivity index is 0.000000194. The third-order valence-electron chi connectivity index (χ3n) is 3.54. The van der Waals surface area contributed by atoms with E-state index in [2.05, 4.69) is 20.9 Å². The van der Waals surface area contributed by atoms with Crippen LogP contribution in [-0.2, 0) is 20.8 Å². The summed E-state index contributed by atoms with van der Waals surface area (Å²) in [7, 11) is 1.84. The van der Waals surface area contributed by atoms with Crippen molar-refractivity contribution in [3.63, 3.8) is 0 Å². The van der Waals surface area contributed by atoms with Gasteiger partial charge in [0.05, 0.1) is 18.3 Å². The highest BCUT2D eigenvalue weighted by Gasteiger charge is 2.22. The maximum Gasteiger partial charge on any atom is 0.407 e. The topological polar surface area (TPSA) is 111 Å². The van der Waals surface area contributed by atoms with Gasteiger partial charge < -0.3 is 30.2 Å². The highest BCUT2D eigenvalue weighted by atomic mass is 16.6. The average Bonchev–Trinajstić information content (AvgIpc) is 3.06. The highest BCUT2D eigenvalue weighted by molar-refractivity contribution is 5.94. The molecule has 0 aromatic carbocycles. The molecule has 0 bridgehead atoms. The maximum atomic E-state index is 11.2. The van der Waals surface area contributed by atoms with Gasteiger partial charge in [-0.15, -0.1) is 0 Å². The summed E-state index contributed by atoms with van der Waals surface area (Å²) in [6.07, 6.45) is 0.516. The van der Waals surface area contributed by atoms with Gasteiger partial charge in [-0.05, 0) is 46.4 Å². The van der Waals surface area contributed by atoms with Gasteiger partial charge in [-0.25, -0.2) is 9.78 Å². The van der Waals surface area contributed by atoms with Gasteiger partial charge in [-0.1, -0.05) is 0 Å². The summed E-state index contributed by atoms with van der Waals surface area (Å²) in [5.41, 5.74) is 0.445. The summed E-state index contributed by atoms with van der Waals surface area (Å²) in [5, 5.41) is 8.39. The van der Waals surface area contributed by atoms with Crippen LogP contribution >= 0.6 is 0 Å². The molecule has 150 valence electrons. The number of ether oxygens (including phenoxy) is 3. The van der Waals surface area contributed by atoms with E-state index in [1.807, 2.05) is 40.0 Å². The van der Waals surface area contributed by atoms with Gasteiger partial charge in [0.1, 0.15) is 5.60 Å². The molecule has 0 spiro atoms. The monoisotopic (exact) mass is 380 g/mol. The maximum absolute atomic E-state index is 11.2. The minimum absolute atomic E-state index is 0.0695. The second-order valence-electron chi connectivity index (χ2n) is 7.22. The van der Waals surface area contributed by atoms with Crippen LogP contribution in [0, 0.1) is 0 Å². The third-order valence-corrected chi connectivity index (χ3v) is 3.54. The molecule has 0 saturated carbocycles. The molecule has 0 radical (unpaired) electrons. The molecule has 27 heavy (non-hydrogen) atoms. The molecule has 1 fully saturated rings. The Labute approximate surface area is 159 Å². The van der Waals surface area contributed by atoms with Crippen molar-refractivity contribution >= 4 is 17.8 Å². The first-order chi connectivity index (χ1) is 12.8. The van der Waals surface area contributed by atoms with Crippen LogP contribution in [0.3, 0.4) is 0 Å². The van der Waals surface area contributed by atoms with E-state index < -0.39 is 5.60 Å². The second kappa shape index (κ2) is 9.52. The van der Waals surface area contributed by atoms with Crippen molar-refractivity contribution in [2.24, 2.45) is 0 Å². The number of amides is 2. The van der Waals surface area contributed by atoms with Crippen molar-refractivity contribution in [1.82, 2.24) is 15.6 Å². The number of aromatic nitrogens is 1. The number of hydrogen-bond donors (Lipinski definition) is 3. The van der Waals surface area contributed by atoms with E-state index in [4.69, 9.17) is 14.2 Å². The molecule has 0 aliphatic carbocycles. The van der Waals surface area contributed by atoms with Crippen molar-refractivity contribution in [2.75, 3.05) is 32.2 Å². The summed E-state index contributed by atoms with van der Waals surface area (Å²) >= 11 is 0. The number of carbonyl (C=O) groups is 2. The predicted molar refractivity (Wildman–Crippen MR) is 99.7 cm³/mol. The fourth-order valence-corrected chi connectivity index (χ4v) is 2.41. The Morgan fingerprint density at radius 2 is 2.19 bits per heavy atom. The van der Waals surface area contributed by atoms with Crippen LogP contribution in [0.4, 0.5) is 10.6 Å². The van der Waals surface area contributed by atoms with Crippen LogP contribution in [0.25, 0.3) is 0 Å². The first-order valence-electron chi connectivity index (χ1n) is 8.91. The minimum atomic E-state index is -0.427. The van der Waals surface area contributed by atoms with Crippen LogP contribution in [0.1, 0.15) is 32.9 Å². The first kappa shape index (κ1) is 20.9. The average molecular weight is 380 g/mol. The van der Waals surface area contributed by atoms with Crippen LogP contribution in [0.2, 0.25) is 0 Å². The standard InChI is InChI=1S/C9H11N3O2.C9H17NO3/c1-10-4-6-2-3-7-9(11-6)12-8(13)5-14-7;1-9(2,3)13-8(11)10-7-4-5-12-6-7/h2-3,10H,4-5H2,1H3,(H,11,12,13);7H,4-6H2,1-3H3,(H,10,11). The fraction of sp³-hybridized carbons (Fsp3) is 0.611. The molecule has 1 atom stereocenters. The van der Waals surface area contributed by atoms with Crippen LogP contribution < -0.4 is 20.7 Å². The van der Waals surface area contributed by atoms with E-state index in [0.717, 1.165) is 18.7 Å². The molecule has 2 aliphatic heterocycles. The number of rotatable bonds is 3. The van der Waals surface area contributed by atoms with Crippen LogP contribution in [0.15, 0.2) is 12.1 Å². The van der Waals surface area contributed by atoms with Crippen molar-refractivity contribution in [1.29, 1.82) is 0 Å². The molecule has 3 N–H and O–H groups in total. The van der Waals surface area contributed by atoms with E-state index in [-0.39, 0.29) is 24.6 Å². The Morgan fingerprint density at radius 3 is 2.81 bits per heavy atom. The molecule has 2 amide bonds. The number of fused-ring (bicyclic) bond motifs is 1. The smallest absolute Gasteiger partial charge is 0.407 e. The van der Waals surface area contributed by atoms with Gasteiger partial charge in [0.15, 0.2) is 18.2 Å². The molecule has 1 unspecified atom stereocenters. The molecule has 2 aliphatic rings. The molecule has 1 aromatic heterocycles. The molecule has 3 heterocycles. The number of nitrogens with one attached hydrogen (secondary N) is 3. The predicted octanol–water partition coefficient (Wildman–Crippen LogP) is 1.43. The normalized spacial score (nSPS) is 18.4. The lowest BCUT2D eigenvalue weighted by Gasteiger charge is -2.21. The van der Waals surface area contributed by atoms with Gasteiger partial charge in [0.2, 0.25) is 0 Å². The van der Waals surface area contributed by atoms with Crippen molar-refractivity contribution < 1.29 is 23.8 Å². The van der Waals surface area contributed by atoms with Crippen LogP contribution in [0.5, 0.6) is 5.75 Å². The van der Waals surface area contributed by atoms with E-state index in [0.29, 0.717) is 24.7 Å². The summed E-state index contributed by atoms with van der Waals surface area (Å²) in [6, 6.07) is 3.80. The lowest BCUT2D eigenvalue weighted by molar-refractivity contribution is -0.118. The van der Waals surface area contributed by atoms with E-state index >= 15 is 0 Å². The Morgan fingerprint density at radius 1 is 1.41 bits per heavy atom. The lowest BCUT2D eigenvalue weighted by atomic mass is 10.2. The molecule has 9 nitrogen and oxygen atoms in total. The van der Waals surface area contributed by atoms with Gasteiger partial charge in [0.25, 0.3) is 5.91 Å². The summed E-state index contributed by atoms with van der Waals surface area (Å²) in [6.45, 7) is 7.59. The SMILES string of the molecule is CC(C)(C)OC(=O)NC1CCOC1.CNCc1ccc2c(n1)NC(=O)CO2. The first-order valence-corrected chi connectivity index (χ1v) is 8.91. The van der Waals surface area contributed by atoms with Crippen molar-refractivity contribution in [3.05, 3.63) is 17.8 Å². The highest BCUT2D eigenvalue weighted by Crippen LogP contribution is 2.25. The molecule has 3 rings (SSSR count). The summed E-state index contributed by atoms with van der Waals surface area (Å²) in [5.74, 6) is 0.977. The lowest BCUT2D eigenvalue weighted by Crippen LogP contribution is -2.39. The number of alkyl carbamates (subject to hydrolysis) is 1. The van der Waals surface area contributed by atoms with Gasteiger partial charge in [-0.3, -0.25) is 4.79 Å². The quantitative estimate of drug-likeness (QED) is 0.727. The minimum Gasteiger partial charge on any atom is -0.480 e. The second-order valence-corrected chi connectivity index (χ2v) is 7.22. The van der Waals surface area contributed by atoms with E-state index in [1.165, 1.54) is 0 Å². The number of hydrogen-bond acceptors (Lipinski definition) is 7. The van der Waals surface area contributed by atoms with E-state index in [9.17, 15) is 9.59 Å². The summed E-state index contributed by atoms with van der Waals surface area (Å²) < 4.78 is 15.4. The van der Waals surface area contributed by atoms with E-state index in [1.54, 1.807) is 0 Å². The Kier molecular flexibility index (Phi) is 7.37. The summed E-state index contributed by atoms with van der Waals surface area (Å²) in [4.78, 5) is 26.5. The molecular formula is C18H28N4O5. The fourth-order valence-electron chi connectivity index (χ4n) is 2.41. The van der Waals surface area contributed by atoms with Crippen molar-refractivity contribution in [2.45, 2.75) is 45.4 Å².